The minimum atomic E-state index is -0.995. The average Bonchev–Trinajstić information content (AvgIpc) is 3.29. The molecular weight excluding hydrogens is 472 g/mol. The highest BCUT2D eigenvalue weighted by atomic mass is 16.4. The zero-order valence-corrected chi connectivity index (χ0v) is 21.1. The summed E-state index contributed by atoms with van der Waals surface area (Å²) in [6.07, 6.45) is 4.14. The maximum atomic E-state index is 13.1. The van der Waals surface area contributed by atoms with Gasteiger partial charge in [0.15, 0.2) is 0 Å². The van der Waals surface area contributed by atoms with Crippen LogP contribution in [0.5, 0.6) is 0 Å². The molecule has 1 amide bonds. The molecule has 1 aromatic heterocycles. The second kappa shape index (κ2) is 10.9. The van der Waals surface area contributed by atoms with Gasteiger partial charge in [0.05, 0.1) is 12.1 Å². The van der Waals surface area contributed by atoms with E-state index >= 15 is 0 Å². The Morgan fingerprint density at radius 1 is 1.08 bits per heavy atom. The fraction of sp³-hybridized carbons (Fsp3) is 0.321. The van der Waals surface area contributed by atoms with Crippen molar-refractivity contribution >= 4 is 17.8 Å². The molecule has 192 valence electrons. The lowest BCUT2D eigenvalue weighted by atomic mass is 9.97. The van der Waals surface area contributed by atoms with Gasteiger partial charge in [-0.1, -0.05) is 24.3 Å². The topological polar surface area (TPSA) is 133 Å². The number of hydrogen-bond donors (Lipinski definition) is 3. The summed E-state index contributed by atoms with van der Waals surface area (Å²) in [6, 6.07) is 9.12. The minimum Gasteiger partial charge on any atom is -0.480 e. The molecule has 0 spiro atoms. The molecule has 3 N–H and O–H groups in total. The normalized spacial score (nSPS) is 14.4. The third-order valence-electron chi connectivity index (χ3n) is 7.07. The van der Waals surface area contributed by atoms with Crippen molar-refractivity contribution in [3.8, 4) is 0 Å². The molecule has 0 fully saturated rings. The van der Waals surface area contributed by atoms with E-state index in [1.165, 1.54) is 11.9 Å². The summed E-state index contributed by atoms with van der Waals surface area (Å²) in [5.41, 5.74) is 6.82. The Hall–Kier alpha value is -4.11. The van der Waals surface area contributed by atoms with Gasteiger partial charge in [0.25, 0.3) is 5.91 Å². The average molecular weight is 503 g/mol. The molecule has 0 bridgehead atoms. The van der Waals surface area contributed by atoms with Gasteiger partial charge in [-0.25, -0.2) is 14.8 Å². The molecule has 0 saturated carbocycles. The van der Waals surface area contributed by atoms with Crippen LogP contribution in [0.3, 0.4) is 0 Å². The Bertz CT molecular complexity index is 1370. The number of rotatable bonds is 9. The van der Waals surface area contributed by atoms with Crippen molar-refractivity contribution in [3.05, 3.63) is 93.1 Å². The summed E-state index contributed by atoms with van der Waals surface area (Å²) in [5, 5.41) is 22.0. The summed E-state index contributed by atoms with van der Waals surface area (Å²) in [7, 11) is 0. The largest absolute Gasteiger partial charge is 0.480 e. The Labute approximate surface area is 215 Å². The van der Waals surface area contributed by atoms with E-state index in [2.05, 4.69) is 15.3 Å². The fourth-order valence-corrected chi connectivity index (χ4v) is 5.00. The zero-order valence-electron chi connectivity index (χ0n) is 21.1. The number of aromatic carboxylic acids is 1. The number of nitrogens with one attached hydrogen (secondary N) is 1. The summed E-state index contributed by atoms with van der Waals surface area (Å²) < 4.78 is 0. The second-order valence-corrected chi connectivity index (χ2v) is 9.46. The molecule has 2 aromatic carbocycles. The van der Waals surface area contributed by atoms with Crippen molar-refractivity contribution in [1.29, 1.82) is 0 Å². The van der Waals surface area contributed by atoms with Gasteiger partial charge in [-0.3, -0.25) is 14.5 Å². The van der Waals surface area contributed by atoms with Crippen molar-refractivity contribution in [3.63, 3.8) is 0 Å². The number of aryl methyl sites for hydroxylation is 2. The number of carbonyl (C=O) groups is 3. The highest BCUT2D eigenvalue weighted by Gasteiger charge is 2.32. The van der Waals surface area contributed by atoms with E-state index in [1.807, 2.05) is 32.0 Å². The maximum Gasteiger partial charge on any atom is 0.335 e. The molecule has 37 heavy (non-hydrogen) atoms. The van der Waals surface area contributed by atoms with Crippen LogP contribution in [-0.4, -0.2) is 49.5 Å². The van der Waals surface area contributed by atoms with Gasteiger partial charge in [0.1, 0.15) is 12.0 Å². The number of hydrogen-bond acceptors (Lipinski definition) is 6. The van der Waals surface area contributed by atoms with Gasteiger partial charge >= 0.3 is 11.9 Å². The molecule has 1 aliphatic carbocycles. The summed E-state index contributed by atoms with van der Waals surface area (Å²) in [5.74, 6) is -2.34. The molecule has 4 rings (SSSR count). The predicted molar refractivity (Wildman–Crippen MR) is 136 cm³/mol. The number of carboxylic acid groups (broad SMARTS) is 2. The first-order chi connectivity index (χ1) is 17.7. The molecule has 0 radical (unpaired) electrons. The Morgan fingerprint density at radius 3 is 2.57 bits per heavy atom. The third kappa shape index (κ3) is 5.67. The highest BCUT2D eigenvalue weighted by Crippen LogP contribution is 2.39. The Kier molecular flexibility index (Phi) is 7.63. The van der Waals surface area contributed by atoms with Crippen LogP contribution in [0.4, 0.5) is 0 Å². The molecule has 1 atom stereocenters. The van der Waals surface area contributed by atoms with E-state index in [-0.39, 0.29) is 36.3 Å². The van der Waals surface area contributed by atoms with Crippen LogP contribution < -0.4 is 5.32 Å². The highest BCUT2D eigenvalue weighted by molar-refractivity contribution is 5.93. The lowest BCUT2D eigenvalue weighted by Gasteiger charge is -2.28. The number of carboxylic acids is 2. The summed E-state index contributed by atoms with van der Waals surface area (Å²) >= 11 is 0. The Morgan fingerprint density at radius 2 is 1.86 bits per heavy atom. The van der Waals surface area contributed by atoms with Crippen molar-refractivity contribution in [1.82, 2.24) is 20.2 Å². The molecule has 1 unspecified atom stereocenters. The zero-order chi connectivity index (χ0) is 26.7. The first-order valence-electron chi connectivity index (χ1n) is 12.1. The van der Waals surface area contributed by atoms with Gasteiger partial charge in [0, 0.05) is 30.9 Å². The molecule has 3 aromatic rings. The van der Waals surface area contributed by atoms with Crippen LogP contribution in [-0.2, 0) is 24.3 Å². The van der Waals surface area contributed by atoms with E-state index in [9.17, 15) is 24.6 Å². The summed E-state index contributed by atoms with van der Waals surface area (Å²) in [4.78, 5) is 46.5. The van der Waals surface area contributed by atoms with Crippen LogP contribution in [0.25, 0.3) is 0 Å². The van der Waals surface area contributed by atoms with Crippen molar-refractivity contribution in [2.45, 2.75) is 52.7 Å². The fourth-order valence-electron chi connectivity index (χ4n) is 5.00. The van der Waals surface area contributed by atoms with E-state index < -0.39 is 11.9 Å². The standard InChI is InChI=1S/C28H30N4O5/c1-16-4-5-19(10-17(16)2)11-30-27(35)26-20(12-29-15-31-26)13-32(14-25(33)34)24-9-8-21-18(3)22(28(36)37)6-7-23(21)24/h4-7,10,12,15,24H,8-9,11,13-14H2,1-3H3,(H,30,35)(H,33,34)(H,36,37). The number of carbonyl (C=O) groups excluding carboxylic acids is 1. The van der Waals surface area contributed by atoms with E-state index in [0.717, 1.165) is 22.3 Å². The van der Waals surface area contributed by atoms with E-state index in [0.29, 0.717) is 30.5 Å². The molecular formula is C28H30N4O5. The first-order valence-corrected chi connectivity index (χ1v) is 12.1. The molecule has 1 aliphatic rings. The lowest BCUT2D eigenvalue weighted by molar-refractivity contribution is -0.139. The van der Waals surface area contributed by atoms with Crippen LogP contribution in [0.1, 0.15) is 72.3 Å². The second-order valence-electron chi connectivity index (χ2n) is 9.46. The molecule has 1 heterocycles. The van der Waals surface area contributed by atoms with Crippen LogP contribution in [0.2, 0.25) is 0 Å². The number of nitrogens with zero attached hydrogens (tertiary/aromatic N) is 3. The van der Waals surface area contributed by atoms with Gasteiger partial charge in [-0.15, -0.1) is 0 Å². The van der Waals surface area contributed by atoms with Gasteiger partial charge < -0.3 is 15.5 Å². The summed E-state index contributed by atoms with van der Waals surface area (Å²) in [6.45, 7) is 6.08. The minimum absolute atomic E-state index is 0.156. The molecule has 9 nitrogen and oxygen atoms in total. The molecule has 9 heteroatoms. The van der Waals surface area contributed by atoms with Crippen molar-refractivity contribution < 1.29 is 24.6 Å². The Balaban J connectivity index is 1.57. The lowest BCUT2D eigenvalue weighted by Crippen LogP contribution is -2.34. The van der Waals surface area contributed by atoms with Crippen LogP contribution in [0.15, 0.2) is 42.9 Å². The van der Waals surface area contributed by atoms with E-state index in [4.69, 9.17) is 0 Å². The van der Waals surface area contributed by atoms with Gasteiger partial charge in [0.2, 0.25) is 0 Å². The molecule has 0 saturated heterocycles. The number of aliphatic carboxylic acids is 1. The SMILES string of the molecule is Cc1ccc(CNC(=O)c2ncncc2CN(CC(=O)O)C2CCc3c2ccc(C(=O)O)c3C)cc1C. The monoisotopic (exact) mass is 502 g/mol. The first kappa shape index (κ1) is 26.0. The van der Waals surface area contributed by atoms with E-state index in [1.54, 1.807) is 30.2 Å². The number of fused-ring (bicyclic) bond motifs is 1. The third-order valence-corrected chi connectivity index (χ3v) is 7.07. The number of aromatic nitrogens is 2. The van der Waals surface area contributed by atoms with Crippen molar-refractivity contribution in [2.75, 3.05) is 6.54 Å². The number of amides is 1. The molecule has 0 aliphatic heterocycles. The predicted octanol–water partition coefficient (Wildman–Crippen LogP) is 3.60. The smallest absolute Gasteiger partial charge is 0.335 e. The quantitative estimate of drug-likeness (QED) is 0.404. The van der Waals surface area contributed by atoms with Gasteiger partial charge in [-0.2, -0.15) is 0 Å². The van der Waals surface area contributed by atoms with Crippen LogP contribution in [0, 0.1) is 20.8 Å². The maximum absolute atomic E-state index is 13.1. The van der Waals surface area contributed by atoms with Crippen molar-refractivity contribution in [2.24, 2.45) is 0 Å². The van der Waals surface area contributed by atoms with Crippen LogP contribution >= 0.6 is 0 Å². The number of benzene rings is 2. The van der Waals surface area contributed by atoms with Gasteiger partial charge in [-0.05, 0) is 73.1 Å².